The molecule has 0 aromatic carbocycles. The summed E-state index contributed by atoms with van der Waals surface area (Å²) in [6, 6.07) is 0.691. The van der Waals surface area contributed by atoms with Gasteiger partial charge >= 0.3 is 0 Å². The van der Waals surface area contributed by atoms with Crippen molar-refractivity contribution in [3.8, 4) is 0 Å². The Balaban J connectivity index is 3.13. The average Bonchev–Trinajstić information content (AvgIpc) is 2.00. The van der Waals surface area contributed by atoms with Crippen LogP contribution in [0.2, 0.25) is 0 Å². The van der Waals surface area contributed by atoms with Crippen LogP contribution < -0.4 is 5.32 Å². The third kappa shape index (κ3) is 8.41. The van der Waals surface area contributed by atoms with Crippen LogP contribution in [0.15, 0.2) is 0 Å². The first kappa shape index (κ1) is 12.3. The van der Waals surface area contributed by atoms with E-state index in [2.05, 4.69) is 32.3 Å². The lowest BCUT2D eigenvalue weighted by Crippen LogP contribution is -2.28. The summed E-state index contributed by atoms with van der Waals surface area (Å²) in [7, 11) is 0. The Morgan fingerprint density at radius 2 is 1.83 bits per heavy atom. The summed E-state index contributed by atoms with van der Waals surface area (Å²) in [5.74, 6) is 2.10. The Kier molecular flexibility index (Phi) is 8.14. The van der Waals surface area contributed by atoms with Gasteiger partial charge in [0.15, 0.2) is 0 Å². The molecule has 0 aliphatic heterocycles. The maximum Gasteiger partial charge on any atom is 0.00465 e. The van der Waals surface area contributed by atoms with E-state index in [0.717, 1.165) is 5.92 Å². The van der Waals surface area contributed by atoms with Crippen LogP contribution >= 0.6 is 11.8 Å². The van der Waals surface area contributed by atoms with Crippen LogP contribution in [0.1, 0.15) is 33.6 Å². The van der Waals surface area contributed by atoms with Gasteiger partial charge in [0.05, 0.1) is 0 Å². The fourth-order valence-electron chi connectivity index (χ4n) is 1.02. The Morgan fingerprint density at radius 3 is 2.33 bits per heavy atom. The highest BCUT2D eigenvalue weighted by Crippen LogP contribution is 2.01. The fraction of sp³-hybridized carbons (Fsp3) is 1.00. The molecule has 0 aliphatic rings. The second kappa shape index (κ2) is 7.93. The molecular formula is C10H23NS. The number of hydrogen-bond donors (Lipinski definition) is 1. The predicted molar refractivity (Wildman–Crippen MR) is 59.9 cm³/mol. The van der Waals surface area contributed by atoms with Crippen molar-refractivity contribution < 1.29 is 0 Å². The van der Waals surface area contributed by atoms with Gasteiger partial charge in [0, 0.05) is 6.04 Å². The number of nitrogens with one attached hydrogen (secondary N) is 1. The van der Waals surface area contributed by atoms with Gasteiger partial charge in [0.25, 0.3) is 0 Å². The lowest BCUT2D eigenvalue weighted by atomic mass is 10.1. The van der Waals surface area contributed by atoms with Gasteiger partial charge < -0.3 is 5.32 Å². The number of thioether (sulfide) groups is 1. The molecule has 2 heteroatoms. The minimum absolute atomic E-state index is 0.691. The Morgan fingerprint density at radius 1 is 1.17 bits per heavy atom. The molecule has 0 heterocycles. The number of hydrogen-bond acceptors (Lipinski definition) is 2. The summed E-state index contributed by atoms with van der Waals surface area (Å²) in [5.41, 5.74) is 0. The van der Waals surface area contributed by atoms with Crippen LogP contribution in [0.4, 0.5) is 0 Å². The minimum atomic E-state index is 0.691. The first-order valence-corrected chi connectivity index (χ1v) is 6.28. The topological polar surface area (TPSA) is 12.0 Å². The van der Waals surface area contributed by atoms with Gasteiger partial charge in [-0.25, -0.2) is 0 Å². The van der Waals surface area contributed by atoms with E-state index in [1.165, 1.54) is 25.1 Å². The van der Waals surface area contributed by atoms with Crippen molar-refractivity contribution in [2.75, 3.05) is 18.6 Å². The standard InChI is InChI=1S/C10H23NS/c1-9(2)5-7-11-10(3)6-8-12-4/h9-11H,5-8H2,1-4H3. The van der Waals surface area contributed by atoms with Crippen molar-refractivity contribution in [2.24, 2.45) is 5.92 Å². The summed E-state index contributed by atoms with van der Waals surface area (Å²) in [6.07, 6.45) is 4.75. The fourth-order valence-corrected chi connectivity index (χ4v) is 1.60. The molecule has 12 heavy (non-hydrogen) atoms. The van der Waals surface area contributed by atoms with Crippen LogP contribution in [-0.4, -0.2) is 24.6 Å². The molecule has 0 bridgehead atoms. The van der Waals surface area contributed by atoms with Gasteiger partial charge in [-0.15, -0.1) is 0 Å². The van der Waals surface area contributed by atoms with Gasteiger partial charge in [-0.3, -0.25) is 0 Å². The average molecular weight is 189 g/mol. The van der Waals surface area contributed by atoms with Crippen molar-refractivity contribution in [2.45, 2.75) is 39.7 Å². The van der Waals surface area contributed by atoms with Gasteiger partial charge in [0.2, 0.25) is 0 Å². The lowest BCUT2D eigenvalue weighted by Gasteiger charge is -2.13. The second-order valence-corrected chi connectivity index (χ2v) is 4.80. The highest BCUT2D eigenvalue weighted by atomic mass is 32.2. The van der Waals surface area contributed by atoms with E-state index in [1.807, 2.05) is 11.8 Å². The maximum atomic E-state index is 3.54. The summed E-state index contributed by atoms with van der Waals surface area (Å²) in [4.78, 5) is 0. The monoisotopic (exact) mass is 189 g/mol. The molecule has 0 saturated heterocycles. The van der Waals surface area contributed by atoms with Crippen molar-refractivity contribution >= 4 is 11.8 Å². The lowest BCUT2D eigenvalue weighted by molar-refractivity contribution is 0.481. The molecule has 0 amide bonds. The quantitative estimate of drug-likeness (QED) is 0.661. The van der Waals surface area contributed by atoms with Crippen molar-refractivity contribution in [1.29, 1.82) is 0 Å². The van der Waals surface area contributed by atoms with E-state index in [-0.39, 0.29) is 0 Å². The molecule has 0 fully saturated rings. The predicted octanol–water partition coefficient (Wildman–Crippen LogP) is 2.76. The van der Waals surface area contributed by atoms with E-state index >= 15 is 0 Å². The zero-order chi connectivity index (χ0) is 9.40. The van der Waals surface area contributed by atoms with E-state index in [0.29, 0.717) is 6.04 Å². The molecule has 74 valence electrons. The first-order valence-electron chi connectivity index (χ1n) is 4.89. The molecule has 1 N–H and O–H groups in total. The summed E-state index contributed by atoms with van der Waals surface area (Å²) in [5, 5.41) is 3.54. The van der Waals surface area contributed by atoms with E-state index in [4.69, 9.17) is 0 Å². The summed E-state index contributed by atoms with van der Waals surface area (Å²) < 4.78 is 0. The zero-order valence-electron chi connectivity index (χ0n) is 8.89. The third-order valence-corrected chi connectivity index (χ3v) is 2.61. The van der Waals surface area contributed by atoms with Gasteiger partial charge in [-0.1, -0.05) is 13.8 Å². The molecule has 1 atom stereocenters. The molecular weight excluding hydrogens is 166 g/mol. The molecule has 0 aliphatic carbocycles. The Bertz CT molecular complexity index is 93.8. The van der Waals surface area contributed by atoms with Crippen molar-refractivity contribution in [3.05, 3.63) is 0 Å². The third-order valence-electron chi connectivity index (χ3n) is 1.97. The van der Waals surface area contributed by atoms with Crippen LogP contribution in [0.3, 0.4) is 0 Å². The molecule has 0 aromatic heterocycles. The minimum Gasteiger partial charge on any atom is -0.314 e. The van der Waals surface area contributed by atoms with Crippen LogP contribution in [0.25, 0.3) is 0 Å². The molecule has 0 spiro atoms. The Hall–Kier alpha value is 0.310. The van der Waals surface area contributed by atoms with Gasteiger partial charge in [-0.2, -0.15) is 11.8 Å². The normalized spacial score (nSPS) is 13.8. The number of rotatable bonds is 7. The highest BCUT2D eigenvalue weighted by Gasteiger charge is 2.00. The van der Waals surface area contributed by atoms with Crippen LogP contribution in [0.5, 0.6) is 0 Å². The second-order valence-electron chi connectivity index (χ2n) is 3.82. The highest BCUT2D eigenvalue weighted by molar-refractivity contribution is 7.98. The molecule has 0 aromatic rings. The van der Waals surface area contributed by atoms with E-state index in [1.54, 1.807) is 0 Å². The van der Waals surface area contributed by atoms with E-state index in [9.17, 15) is 0 Å². The van der Waals surface area contributed by atoms with Gasteiger partial charge in [-0.05, 0) is 44.2 Å². The first-order chi connectivity index (χ1) is 5.66. The SMILES string of the molecule is CSCCC(C)NCCC(C)C. The van der Waals surface area contributed by atoms with E-state index < -0.39 is 0 Å². The smallest absolute Gasteiger partial charge is 0.00465 e. The molecule has 1 nitrogen and oxygen atoms in total. The summed E-state index contributed by atoms with van der Waals surface area (Å²) >= 11 is 1.93. The van der Waals surface area contributed by atoms with Crippen molar-refractivity contribution in [3.63, 3.8) is 0 Å². The van der Waals surface area contributed by atoms with Gasteiger partial charge in [0.1, 0.15) is 0 Å². The van der Waals surface area contributed by atoms with Crippen LogP contribution in [0, 0.1) is 5.92 Å². The molecule has 1 unspecified atom stereocenters. The zero-order valence-corrected chi connectivity index (χ0v) is 9.71. The maximum absolute atomic E-state index is 3.54. The largest absolute Gasteiger partial charge is 0.314 e. The summed E-state index contributed by atoms with van der Waals surface area (Å²) in [6.45, 7) is 7.99. The molecule has 0 rings (SSSR count). The molecule has 0 saturated carbocycles. The molecule has 0 radical (unpaired) electrons. The van der Waals surface area contributed by atoms with Crippen LogP contribution in [-0.2, 0) is 0 Å². The Labute approximate surface area is 81.7 Å². The van der Waals surface area contributed by atoms with Crippen molar-refractivity contribution in [1.82, 2.24) is 5.32 Å².